The Hall–Kier alpha value is -3.41. The maximum Gasteiger partial charge on any atom is 0.419 e. The number of aryl methyl sites for hydroxylation is 1. The number of oxazole rings is 1. The van der Waals surface area contributed by atoms with Gasteiger partial charge in [-0.15, -0.1) is 0 Å². The van der Waals surface area contributed by atoms with E-state index in [1.54, 1.807) is 13.1 Å². The highest BCUT2D eigenvalue weighted by molar-refractivity contribution is 5.83. The van der Waals surface area contributed by atoms with Crippen LogP contribution >= 0.6 is 0 Å². The van der Waals surface area contributed by atoms with E-state index >= 15 is 0 Å². The molecule has 5 rings (SSSR count). The summed E-state index contributed by atoms with van der Waals surface area (Å²) in [5, 5.41) is 15.7. The molecule has 2 saturated heterocycles. The van der Waals surface area contributed by atoms with Crippen LogP contribution in [0.15, 0.2) is 51.7 Å². The van der Waals surface area contributed by atoms with Gasteiger partial charge in [-0.2, -0.15) is 5.26 Å². The molecule has 2 aliphatic rings. The fourth-order valence-corrected chi connectivity index (χ4v) is 4.59. The van der Waals surface area contributed by atoms with Crippen molar-refractivity contribution < 1.29 is 13.9 Å². The van der Waals surface area contributed by atoms with Gasteiger partial charge in [0.2, 0.25) is 5.91 Å². The molecule has 1 amide bonds. The Morgan fingerprint density at radius 3 is 2.81 bits per heavy atom. The van der Waals surface area contributed by atoms with Crippen LogP contribution in [0.5, 0.6) is 0 Å². The molecule has 2 N–H and O–H groups in total. The average molecular weight is 432 g/mol. The lowest BCUT2D eigenvalue weighted by Gasteiger charge is -2.17. The molecule has 2 fully saturated rings. The summed E-state index contributed by atoms with van der Waals surface area (Å²) in [5.74, 6) is -0.536. The van der Waals surface area contributed by atoms with Crippen LogP contribution in [-0.4, -0.2) is 41.3 Å². The molecule has 3 aromatic rings. The number of aromatic nitrogens is 1. The predicted molar refractivity (Wildman–Crippen MR) is 118 cm³/mol. The van der Waals surface area contributed by atoms with Crippen LogP contribution in [-0.2, 0) is 23.0 Å². The van der Waals surface area contributed by atoms with Gasteiger partial charge in [0, 0.05) is 26.1 Å². The normalized spacial score (nSPS) is 23.1. The molecule has 8 nitrogen and oxygen atoms in total. The quantitative estimate of drug-likeness (QED) is 0.637. The van der Waals surface area contributed by atoms with Gasteiger partial charge < -0.3 is 19.8 Å². The van der Waals surface area contributed by atoms with Gasteiger partial charge in [-0.05, 0) is 41.7 Å². The summed E-state index contributed by atoms with van der Waals surface area (Å²) in [6.07, 6.45) is 2.10. The van der Waals surface area contributed by atoms with E-state index in [1.807, 2.05) is 36.4 Å². The van der Waals surface area contributed by atoms with E-state index < -0.39 is 6.04 Å². The number of nitrogens with zero attached hydrogens (tertiary/aromatic N) is 2. The van der Waals surface area contributed by atoms with Crippen molar-refractivity contribution in [1.82, 2.24) is 15.2 Å². The van der Waals surface area contributed by atoms with E-state index in [0.717, 1.165) is 35.2 Å². The highest BCUT2D eigenvalue weighted by Crippen LogP contribution is 2.26. The van der Waals surface area contributed by atoms with Gasteiger partial charge in [-0.3, -0.25) is 9.36 Å². The number of carbonyl (C=O) groups is 1. The number of benzene rings is 2. The zero-order valence-corrected chi connectivity index (χ0v) is 17.7. The molecule has 2 aromatic carbocycles. The highest BCUT2D eigenvalue weighted by Gasteiger charge is 2.41. The average Bonchev–Trinajstić information content (AvgIpc) is 3.48. The van der Waals surface area contributed by atoms with Gasteiger partial charge in [0.25, 0.3) is 0 Å². The van der Waals surface area contributed by atoms with Crippen LogP contribution < -0.4 is 16.4 Å². The van der Waals surface area contributed by atoms with Crippen LogP contribution in [0, 0.1) is 11.3 Å². The van der Waals surface area contributed by atoms with Gasteiger partial charge in [0.1, 0.15) is 6.04 Å². The Balaban J connectivity index is 1.24. The van der Waals surface area contributed by atoms with E-state index in [1.165, 1.54) is 4.57 Å². The van der Waals surface area contributed by atoms with Crippen molar-refractivity contribution in [3.8, 4) is 17.2 Å². The summed E-state index contributed by atoms with van der Waals surface area (Å²) >= 11 is 0. The van der Waals surface area contributed by atoms with Crippen LogP contribution in [0.4, 0.5) is 0 Å². The van der Waals surface area contributed by atoms with Crippen molar-refractivity contribution in [2.45, 2.75) is 43.5 Å². The van der Waals surface area contributed by atoms with Crippen molar-refractivity contribution in [1.29, 1.82) is 5.26 Å². The van der Waals surface area contributed by atoms with E-state index in [-0.39, 0.29) is 29.9 Å². The van der Waals surface area contributed by atoms with Crippen molar-refractivity contribution in [2.75, 3.05) is 6.61 Å². The lowest BCUT2D eigenvalue weighted by molar-refractivity contribution is -0.123. The second-order valence-electron chi connectivity index (χ2n) is 8.46. The molecule has 4 atom stereocenters. The molecule has 0 unspecified atom stereocenters. The lowest BCUT2D eigenvalue weighted by atomic mass is 10.0. The Labute approximate surface area is 184 Å². The first-order valence-electron chi connectivity index (χ1n) is 10.8. The largest absolute Gasteiger partial charge is 0.419 e. The fourth-order valence-electron chi connectivity index (χ4n) is 4.59. The third kappa shape index (κ3) is 3.81. The SMILES string of the molecule is Cn1c(=O)oc2ccc(-c3ccc(C[C@@H](C#N)NC(=O)[C@@H]4C[C@H]5OCC[C@H]5N4)cc3)cc21. The van der Waals surface area contributed by atoms with E-state index in [2.05, 4.69) is 16.7 Å². The van der Waals surface area contributed by atoms with E-state index in [4.69, 9.17) is 9.15 Å². The van der Waals surface area contributed by atoms with Crippen LogP contribution in [0.25, 0.3) is 22.2 Å². The molecular weight excluding hydrogens is 408 g/mol. The van der Waals surface area contributed by atoms with Gasteiger partial charge in [0.05, 0.1) is 23.7 Å². The second kappa shape index (κ2) is 8.26. The number of amides is 1. The molecule has 0 radical (unpaired) electrons. The zero-order chi connectivity index (χ0) is 22.2. The minimum Gasteiger partial charge on any atom is -0.408 e. The molecule has 164 valence electrons. The van der Waals surface area contributed by atoms with Gasteiger partial charge >= 0.3 is 5.76 Å². The summed E-state index contributed by atoms with van der Waals surface area (Å²) in [4.78, 5) is 24.3. The van der Waals surface area contributed by atoms with E-state index in [9.17, 15) is 14.9 Å². The summed E-state index contributed by atoms with van der Waals surface area (Å²) in [5.41, 5.74) is 4.20. The third-order valence-electron chi connectivity index (χ3n) is 6.40. The first-order valence-corrected chi connectivity index (χ1v) is 10.8. The summed E-state index contributed by atoms with van der Waals surface area (Å²) in [6.45, 7) is 0.738. The van der Waals surface area contributed by atoms with Crippen molar-refractivity contribution in [3.05, 3.63) is 58.6 Å². The highest BCUT2D eigenvalue weighted by atomic mass is 16.5. The van der Waals surface area contributed by atoms with Crippen molar-refractivity contribution in [3.63, 3.8) is 0 Å². The first-order chi connectivity index (χ1) is 15.5. The molecule has 3 heterocycles. The number of nitrogens with one attached hydrogen (secondary N) is 2. The predicted octanol–water partition coefficient (Wildman–Crippen LogP) is 1.87. The van der Waals surface area contributed by atoms with Crippen molar-refractivity contribution >= 4 is 17.0 Å². The molecule has 0 saturated carbocycles. The van der Waals surface area contributed by atoms with Gasteiger partial charge in [-0.25, -0.2) is 4.79 Å². The van der Waals surface area contributed by atoms with Gasteiger partial charge in [-0.1, -0.05) is 30.3 Å². The number of rotatable bonds is 5. The molecule has 32 heavy (non-hydrogen) atoms. The minimum atomic E-state index is -0.603. The molecule has 0 aliphatic carbocycles. The third-order valence-corrected chi connectivity index (χ3v) is 6.40. The summed E-state index contributed by atoms with van der Waals surface area (Å²) in [7, 11) is 1.68. The molecule has 2 aliphatic heterocycles. The molecule has 8 heteroatoms. The van der Waals surface area contributed by atoms with Crippen LogP contribution in [0.3, 0.4) is 0 Å². The molecular formula is C24H24N4O4. The number of nitriles is 1. The number of ether oxygens (including phenoxy) is 1. The molecule has 0 bridgehead atoms. The van der Waals surface area contributed by atoms with E-state index in [0.29, 0.717) is 18.4 Å². The Morgan fingerprint density at radius 2 is 2.06 bits per heavy atom. The Morgan fingerprint density at radius 1 is 1.28 bits per heavy atom. The maximum atomic E-state index is 12.6. The minimum absolute atomic E-state index is 0.0996. The zero-order valence-electron chi connectivity index (χ0n) is 17.7. The number of fused-ring (bicyclic) bond motifs is 2. The second-order valence-corrected chi connectivity index (χ2v) is 8.46. The smallest absolute Gasteiger partial charge is 0.408 e. The monoisotopic (exact) mass is 432 g/mol. The number of hydrogen-bond acceptors (Lipinski definition) is 6. The molecule has 0 spiro atoms. The number of hydrogen-bond donors (Lipinski definition) is 2. The summed E-state index contributed by atoms with van der Waals surface area (Å²) < 4.78 is 12.3. The van der Waals surface area contributed by atoms with Crippen molar-refractivity contribution in [2.24, 2.45) is 7.05 Å². The topological polar surface area (TPSA) is 109 Å². The van der Waals surface area contributed by atoms with Gasteiger partial charge in [0.15, 0.2) is 5.58 Å². The number of carbonyl (C=O) groups excluding carboxylic acids is 1. The Kier molecular flexibility index (Phi) is 5.29. The summed E-state index contributed by atoms with van der Waals surface area (Å²) in [6, 6.07) is 15.0. The van der Waals surface area contributed by atoms with Crippen LogP contribution in [0.1, 0.15) is 18.4 Å². The fraction of sp³-hybridized carbons (Fsp3) is 0.375. The first kappa shape index (κ1) is 20.5. The maximum absolute atomic E-state index is 12.6. The Bertz CT molecular complexity index is 1240. The van der Waals surface area contributed by atoms with Crippen LogP contribution in [0.2, 0.25) is 0 Å². The molecule has 1 aromatic heterocycles. The standard InChI is InChI=1S/C24H24N4O4/c1-28-20-11-16(6-7-21(20)32-24(28)30)15-4-2-14(3-5-15)10-17(13-25)26-23(29)19-12-22-18(27-19)8-9-31-22/h2-7,11,17-19,22,27H,8-10,12H2,1H3,(H,26,29)/t17-,18+,19-,22+/m0/s1. The lowest BCUT2D eigenvalue weighted by Crippen LogP contribution is -2.46.